The Bertz CT molecular complexity index is 500. The second-order valence-corrected chi connectivity index (χ2v) is 6.30. The quantitative estimate of drug-likeness (QED) is 0.657. The van der Waals surface area contributed by atoms with Crippen LogP contribution in [0.4, 0.5) is 0 Å². The maximum atomic E-state index is 5.65. The first kappa shape index (κ1) is 15.8. The zero-order chi connectivity index (χ0) is 15.5. The van der Waals surface area contributed by atoms with Gasteiger partial charge in [-0.2, -0.15) is 0 Å². The Hall–Kier alpha value is -1.62. The molecule has 1 fully saturated rings. The van der Waals surface area contributed by atoms with Crippen LogP contribution in [0, 0.1) is 5.41 Å². The van der Waals surface area contributed by atoms with E-state index in [1.165, 1.54) is 0 Å². The van der Waals surface area contributed by atoms with Gasteiger partial charge in [-0.05, 0) is 25.5 Å². The van der Waals surface area contributed by atoms with Gasteiger partial charge in [0.15, 0.2) is 5.96 Å². The number of nitrogens with one attached hydrogen (secondary N) is 2. The monoisotopic (exact) mass is 290 g/mol. The maximum absolute atomic E-state index is 5.65. The molecule has 1 aliphatic rings. The van der Waals surface area contributed by atoms with Crippen molar-refractivity contribution in [2.75, 3.05) is 14.2 Å². The first-order chi connectivity index (χ1) is 9.93. The summed E-state index contributed by atoms with van der Waals surface area (Å²) in [6, 6.07) is 6.24. The molecule has 1 aromatic rings. The lowest BCUT2D eigenvalue weighted by Crippen LogP contribution is -2.69. The number of nitrogens with zero attached hydrogens (tertiary/aromatic N) is 2. The Balaban J connectivity index is 1.90. The van der Waals surface area contributed by atoms with E-state index in [2.05, 4.69) is 41.4 Å². The molecule has 0 aliphatic heterocycles. The minimum Gasteiger partial charge on any atom is -0.378 e. The largest absolute Gasteiger partial charge is 0.378 e. The molecule has 116 valence electrons. The van der Waals surface area contributed by atoms with Crippen molar-refractivity contribution in [3.63, 3.8) is 0 Å². The van der Waals surface area contributed by atoms with Crippen LogP contribution >= 0.6 is 0 Å². The Morgan fingerprint density at radius 1 is 1.43 bits per heavy atom. The van der Waals surface area contributed by atoms with Gasteiger partial charge in [-0.3, -0.25) is 9.98 Å². The zero-order valence-corrected chi connectivity index (χ0v) is 13.6. The third-order valence-corrected chi connectivity index (χ3v) is 4.98. The predicted octanol–water partition coefficient (Wildman–Crippen LogP) is 1.95. The number of hydrogen-bond donors (Lipinski definition) is 2. The van der Waals surface area contributed by atoms with Crippen molar-refractivity contribution >= 4 is 5.96 Å². The van der Waals surface area contributed by atoms with E-state index in [4.69, 9.17) is 4.74 Å². The van der Waals surface area contributed by atoms with Crippen molar-refractivity contribution in [1.29, 1.82) is 0 Å². The Kier molecular flexibility index (Phi) is 4.52. The lowest BCUT2D eigenvalue weighted by atomic mass is 9.56. The molecular formula is C16H26N4O. The number of guanidine groups is 1. The van der Waals surface area contributed by atoms with Crippen molar-refractivity contribution in [1.82, 2.24) is 15.6 Å². The van der Waals surface area contributed by atoms with Crippen LogP contribution in [0.5, 0.6) is 0 Å². The molecule has 0 aromatic carbocycles. The summed E-state index contributed by atoms with van der Waals surface area (Å²) in [4.78, 5) is 8.59. The van der Waals surface area contributed by atoms with Gasteiger partial charge in [0.05, 0.1) is 17.8 Å². The van der Waals surface area contributed by atoms with Crippen molar-refractivity contribution in [2.24, 2.45) is 10.4 Å². The number of methoxy groups -OCH3 is 1. The first-order valence-electron chi connectivity index (χ1n) is 7.35. The van der Waals surface area contributed by atoms with E-state index in [9.17, 15) is 0 Å². The third-order valence-electron chi connectivity index (χ3n) is 4.98. The smallest absolute Gasteiger partial charge is 0.191 e. The molecule has 0 bridgehead atoms. The topological polar surface area (TPSA) is 58.5 Å². The Morgan fingerprint density at radius 2 is 2.19 bits per heavy atom. The van der Waals surface area contributed by atoms with Crippen LogP contribution in [0.2, 0.25) is 0 Å². The predicted molar refractivity (Wildman–Crippen MR) is 85.2 cm³/mol. The minimum atomic E-state index is -0.0789. The molecule has 0 spiro atoms. The van der Waals surface area contributed by atoms with Gasteiger partial charge in [0.25, 0.3) is 0 Å². The fourth-order valence-corrected chi connectivity index (χ4v) is 2.76. The van der Waals surface area contributed by atoms with Crippen molar-refractivity contribution in [3.8, 4) is 0 Å². The number of ether oxygens (including phenoxy) is 1. The summed E-state index contributed by atoms with van der Waals surface area (Å²) in [5.74, 6) is 0.803. The SMILES string of the molecule is CN=C(NCc1ccccn1)NC1CC(C)(OC)C1(C)C. The van der Waals surface area contributed by atoms with Gasteiger partial charge in [-0.25, -0.2) is 0 Å². The second kappa shape index (κ2) is 6.02. The van der Waals surface area contributed by atoms with Crippen LogP contribution in [0.25, 0.3) is 0 Å². The molecule has 2 N–H and O–H groups in total. The van der Waals surface area contributed by atoms with Crippen LogP contribution in [0.1, 0.15) is 32.9 Å². The first-order valence-corrected chi connectivity index (χ1v) is 7.35. The number of rotatable bonds is 4. The fourth-order valence-electron chi connectivity index (χ4n) is 2.76. The van der Waals surface area contributed by atoms with Crippen molar-refractivity contribution < 1.29 is 4.74 Å². The van der Waals surface area contributed by atoms with Gasteiger partial charge in [0.1, 0.15) is 0 Å². The summed E-state index contributed by atoms with van der Waals surface area (Å²) in [5.41, 5.74) is 0.976. The molecule has 2 unspecified atom stereocenters. The number of aliphatic imine (C=N–C) groups is 1. The molecule has 0 amide bonds. The molecule has 0 saturated heterocycles. The van der Waals surface area contributed by atoms with Gasteiger partial charge in [-0.15, -0.1) is 0 Å². The standard InChI is InChI=1S/C16H26N4O/c1-15(2)13(10-16(15,3)21-5)20-14(17-4)19-11-12-8-6-7-9-18-12/h6-9,13H,10-11H2,1-5H3,(H2,17,19,20). The molecule has 0 radical (unpaired) electrons. The van der Waals surface area contributed by atoms with Gasteiger partial charge in [0.2, 0.25) is 0 Å². The Morgan fingerprint density at radius 3 is 2.71 bits per heavy atom. The molecule has 1 aromatic heterocycles. The zero-order valence-electron chi connectivity index (χ0n) is 13.6. The molecule has 5 heteroatoms. The van der Waals surface area contributed by atoms with Crippen LogP contribution in [0.15, 0.2) is 29.4 Å². The normalized spacial score (nSPS) is 27.9. The number of aromatic nitrogens is 1. The summed E-state index contributed by atoms with van der Waals surface area (Å²) in [6.07, 6.45) is 2.77. The summed E-state index contributed by atoms with van der Waals surface area (Å²) in [6.45, 7) is 7.28. The highest BCUT2D eigenvalue weighted by atomic mass is 16.5. The lowest BCUT2D eigenvalue weighted by molar-refractivity contribution is -0.176. The van der Waals surface area contributed by atoms with E-state index < -0.39 is 0 Å². The molecule has 1 saturated carbocycles. The fraction of sp³-hybridized carbons (Fsp3) is 0.625. The average molecular weight is 290 g/mol. The van der Waals surface area contributed by atoms with Crippen LogP contribution in [-0.2, 0) is 11.3 Å². The average Bonchev–Trinajstić information content (AvgIpc) is 2.50. The highest BCUT2D eigenvalue weighted by Gasteiger charge is 2.58. The van der Waals surface area contributed by atoms with E-state index in [0.717, 1.165) is 18.1 Å². The minimum absolute atomic E-state index is 0.0599. The Labute approximate surface area is 127 Å². The van der Waals surface area contributed by atoms with Gasteiger partial charge < -0.3 is 15.4 Å². The lowest BCUT2D eigenvalue weighted by Gasteiger charge is -2.59. The number of hydrogen-bond acceptors (Lipinski definition) is 3. The van der Waals surface area contributed by atoms with Crippen molar-refractivity contribution in [3.05, 3.63) is 30.1 Å². The molecule has 2 atom stereocenters. The van der Waals surface area contributed by atoms with Gasteiger partial charge >= 0.3 is 0 Å². The van der Waals surface area contributed by atoms with Gasteiger partial charge in [-0.1, -0.05) is 19.9 Å². The summed E-state index contributed by atoms with van der Waals surface area (Å²) >= 11 is 0. The third kappa shape index (κ3) is 3.02. The summed E-state index contributed by atoms with van der Waals surface area (Å²) in [5, 5.41) is 6.79. The van der Waals surface area contributed by atoms with Gasteiger partial charge in [0, 0.05) is 31.8 Å². The molecule has 5 nitrogen and oxygen atoms in total. The highest BCUT2D eigenvalue weighted by molar-refractivity contribution is 5.80. The van der Waals surface area contributed by atoms with E-state index in [1.807, 2.05) is 18.2 Å². The van der Waals surface area contributed by atoms with Crippen LogP contribution in [0.3, 0.4) is 0 Å². The molecule has 21 heavy (non-hydrogen) atoms. The summed E-state index contributed by atoms with van der Waals surface area (Å²) in [7, 11) is 3.57. The molecule has 1 aliphatic carbocycles. The number of pyridine rings is 1. The van der Waals surface area contributed by atoms with E-state index in [0.29, 0.717) is 12.6 Å². The van der Waals surface area contributed by atoms with E-state index in [1.54, 1.807) is 20.4 Å². The van der Waals surface area contributed by atoms with Crippen LogP contribution in [-0.4, -0.2) is 36.7 Å². The molecular weight excluding hydrogens is 264 g/mol. The van der Waals surface area contributed by atoms with Crippen LogP contribution < -0.4 is 10.6 Å². The van der Waals surface area contributed by atoms with E-state index in [-0.39, 0.29) is 11.0 Å². The summed E-state index contributed by atoms with van der Waals surface area (Å²) < 4.78 is 5.65. The van der Waals surface area contributed by atoms with E-state index >= 15 is 0 Å². The molecule has 2 rings (SSSR count). The molecule has 1 heterocycles. The second-order valence-electron chi connectivity index (χ2n) is 6.30. The van der Waals surface area contributed by atoms with Crippen molar-refractivity contribution in [2.45, 2.75) is 45.4 Å². The highest BCUT2D eigenvalue weighted by Crippen LogP contribution is 2.51. The maximum Gasteiger partial charge on any atom is 0.191 e.